The Balaban J connectivity index is 2.70. The lowest BCUT2D eigenvalue weighted by Crippen LogP contribution is -2.64. The van der Waals surface area contributed by atoms with E-state index in [9.17, 15) is 0 Å². The van der Waals surface area contributed by atoms with E-state index in [1.54, 1.807) is 0 Å². The second kappa shape index (κ2) is 8.82. The number of para-hydroxylation sites is 2. The Kier molecular flexibility index (Phi) is 6.97. The third-order valence-corrected chi connectivity index (χ3v) is 5.61. The predicted molar refractivity (Wildman–Crippen MR) is 121 cm³/mol. The van der Waals surface area contributed by atoms with E-state index in [0.29, 0.717) is 23.8 Å². The van der Waals surface area contributed by atoms with Gasteiger partial charge in [0.1, 0.15) is 5.66 Å². The van der Waals surface area contributed by atoms with E-state index in [-0.39, 0.29) is 5.66 Å². The predicted octanol–water partition coefficient (Wildman–Crippen LogP) is 7.15. The van der Waals surface area contributed by atoms with Gasteiger partial charge in [0.15, 0.2) is 0 Å². The first-order valence-corrected chi connectivity index (χ1v) is 10.4. The van der Waals surface area contributed by atoms with Crippen molar-refractivity contribution >= 4 is 11.4 Å². The van der Waals surface area contributed by atoms with E-state index >= 15 is 0 Å². The van der Waals surface area contributed by atoms with Gasteiger partial charge in [-0.2, -0.15) is 0 Å². The second-order valence-corrected chi connectivity index (χ2v) is 8.80. The van der Waals surface area contributed by atoms with Gasteiger partial charge in [-0.05, 0) is 55.4 Å². The van der Waals surface area contributed by atoms with E-state index in [1.165, 1.54) is 16.9 Å². The van der Waals surface area contributed by atoms with Crippen molar-refractivity contribution < 1.29 is 0 Å². The molecule has 0 spiro atoms. The maximum atomic E-state index is 3.96. The lowest BCUT2D eigenvalue weighted by atomic mass is 9.81. The van der Waals surface area contributed by atoms with Gasteiger partial charge in [0, 0.05) is 17.4 Å². The molecule has 0 aromatic heterocycles. The molecule has 2 aromatic rings. The molecule has 2 aromatic carbocycles. The van der Waals surface area contributed by atoms with Crippen molar-refractivity contribution in [3.63, 3.8) is 0 Å². The molecule has 2 nitrogen and oxygen atoms in total. The summed E-state index contributed by atoms with van der Waals surface area (Å²) < 4.78 is 0. The lowest BCUT2D eigenvalue weighted by Gasteiger charge is -2.54. The maximum Gasteiger partial charge on any atom is 0.115 e. The molecule has 0 amide bonds. The molecule has 0 saturated heterocycles. The molecule has 2 heteroatoms. The molecular formula is C25H38N2. The summed E-state index contributed by atoms with van der Waals surface area (Å²) in [5.41, 5.74) is 3.73. The van der Waals surface area contributed by atoms with Gasteiger partial charge in [-0.15, -0.1) is 0 Å². The Morgan fingerprint density at radius 1 is 0.704 bits per heavy atom. The van der Waals surface area contributed by atoms with E-state index in [0.717, 1.165) is 0 Å². The fourth-order valence-corrected chi connectivity index (χ4v) is 4.42. The fourth-order valence-electron chi connectivity index (χ4n) is 4.42. The number of nitrogens with zero attached hydrogens (tertiary/aromatic N) is 1. The highest BCUT2D eigenvalue weighted by atomic mass is 15.4. The molecule has 27 heavy (non-hydrogen) atoms. The Morgan fingerprint density at radius 3 is 1.70 bits per heavy atom. The van der Waals surface area contributed by atoms with Crippen molar-refractivity contribution in [1.29, 1.82) is 0 Å². The SMILES string of the molecule is CC(C)c1ccccc1N(C(C)C)C(Nc1ccccc1)(C(C)C)C(C)C. The molecule has 0 aliphatic carbocycles. The van der Waals surface area contributed by atoms with Crippen molar-refractivity contribution in [2.45, 2.75) is 73.0 Å². The van der Waals surface area contributed by atoms with Crippen LogP contribution in [0.1, 0.15) is 66.9 Å². The number of rotatable bonds is 8. The average Bonchev–Trinajstić information content (AvgIpc) is 2.61. The third kappa shape index (κ3) is 4.31. The summed E-state index contributed by atoms with van der Waals surface area (Å²) in [6, 6.07) is 19.9. The van der Waals surface area contributed by atoms with Crippen molar-refractivity contribution in [2.75, 3.05) is 10.2 Å². The first kappa shape index (κ1) is 21.3. The quantitative estimate of drug-likeness (QED) is 0.499. The van der Waals surface area contributed by atoms with Crippen LogP contribution in [-0.4, -0.2) is 11.7 Å². The van der Waals surface area contributed by atoms with Crippen molar-refractivity contribution in [1.82, 2.24) is 0 Å². The molecule has 2 rings (SSSR count). The van der Waals surface area contributed by atoms with E-state index in [1.807, 2.05) is 0 Å². The summed E-state index contributed by atoms with van der Waals surface area (Å²) in [6.45, 7) is 18.5. The molecule has 0 fully saturated rings. The zero-order chi connectivity index (χ0) is 20.2. The normalized spacial score (nSPS) is 12.3. The van der Waals surface area contributed by atoms with Crippen molar-refractivity contribution in [3.8, 4) is 0 Å². The Hall–Kier alpha value is -1.96. The Labute approximate surface area is 167 Å². The van der Waals surface area contributed by atoms with Crippen LogP contribution in [0.5, 0.6) is 0 Å². The van der Waals surface area contributed by atoms with Crippen LogP contribution >= 0.6 is 0 Å². The van der Waals surface area contributed by atoms with E-state index in [2.05, 4.69) is 120 Å². The third-order valence-electron chi connectivity index (χ3n) is 5.61. The summed E-state index contributed by atoms with van der Waals surface area (Å²) in [4.78, 5) is 2.63. The van der Waals surface area contributed by atoms with Gasteiger partial charge in [-0.3, -0.25) is 0 Å². The molecule has 148 valence electrons. The molecule has 0 aliphatic heterocycles. The average molecular weight is 367 g/mol. The van der Waals surface area contributed by atoms with Gasteiger partial charge < -0.3 is 10.2 Å². The van der Waals surface area contributed by atoms with Crippen LogP contribution in [0.3, 0.4) is 0 Å². The van der Waals surface area contributed by atoms with Crippen LogP contribution in [0.4, 0.5) is 11.4 Å². The number of anilines is 2. The number of hydrogen-bond acceptors (Lipinski definition) is 2. The van der Waals surface area contributed by atoms with Crippen LogP contribution in [0.2, 0.25) is 0 Å². The highest BCUT2D eigenvalue weighted by Gasteiger charge is 2.44. The summed E-state index contributed by atoms with van der Waals surface area (Å²) in [6.07, 6.45) is 0. The molecule has 0 atom stereocenters. The molecule has 0 aliphatic rings. The molecule has 0 heterocycles. The van der Waals surface area contributed by atoms with Crippen molar-refractivity contribution in [3.05, 3.63) is 60.2 Å². The first-order chi connectivity index (χ1) is 12.7. The van der Waals surface area contributed by atoms with Crippen LogP contribution < -0.4 is 10.2 Å². The minimum Gasteiger partial charge on any atom is -0.362 e. The van der Waals surface area contributed by atoms with Crippen LogP contribution in [0.25, 0.3) is 0 Å². The van der Waals surface area contributed by atoms with Gasteiger partial charge >= 0.3 is 0 Å². The number of benzene rings is 2. The van der Waals surface area contributed by atoms with Gasteiger partial charge in [0.25, 0.3) is 0 Å². The summed E-state index contributed by atoms with van der Waals surface area (Å²) in [5, 5.41) is 3.96. The number of nitrogens with one attached hydrogen (secondary N) is 1. The topological polar surface area (TPSA) is 15.3 Å². The van der Waals surface area contributed by atoms with Crippen molar-refractivity contribution in [2.24, 2.45) is 11.8 Å². The van der Waals surface area contributed by atoms with Crippen LogP contribution in [-0.2, 0) is 0 Å². The standard InChI is InChI=1S/C25H38N2/c1-18(2)23-16-12-13-17-24(23)27(21(7)8)25(19(3)4,20(5)6)26-22-14-10-9-11-15-22/h9-21,26H,1-8H3. The summed E-state index contributed by atoms with van der Waals surface area (Å²) in [5.74, 6) is 1.32. The van der Waals surface area contributed by atoms with Gasteiger partial charge in [-0.25, -0.2) is 0 Å². The zero-order valence-electron chi connectivity index (χ0n) is 18.5. The zero-order valence-corrected chi connectivity index (χ0v) is 18.5. The molecule has 0 saturated carbocycles. The monoisotopic (exact) mass is 366 g/mol. The molecule has 1 N–H and O–H groups in total. The van der Waals surface area contributed by atoms with E-state index in [4.69, 9.17) is 0 Å². The minimum absolute atomic E-state index is 0.194. The number of hydrogen-bond donors (Lipinski definition) is 1. The summed E-state index contributed by atoms with van der Waals surface area (Å²) in [7, 11) is 0. The van der Waals surface area contributed by atoms with Gasteiger partial charge in [-0.1, -0.05) is 77.9 Å². The fraction of sp³-hybridized carbons (Fsp3) is 0.520. The second-order valence-electron chi connectivity index (χ2n) is 8.80. The van der Waals surface area contributed by atoms with Crippen LogP contribution in [0.15, 0.2) is 54.6 Å². The highest BCUT2D eigenvalue weighted by Crippen LogP contribution is 2.41. The molecule has 0 radical (unpaired) electrons. The minimum atomic E-state index is -0.194. The highest BCUT2D eigenvalue weighted by molar-refractivity contribution is 5.61. The molecule has 0 unspecified atom stereocenters. The molecular weight excluding hydrogens is 328 g/mol. The Bertz CT molecular complexity index is 693. The maximum absolute atomic E-state index is 3.96. The lowest BCUT2D eigenvalue weighted by molar-refractivity contribution is 0.227. The van der Waals surface area contributed by atoms with Crippen LogP contribution in [0, 0.1) is 11.8 Å². The molecule has 0 bridgehead atoms. The van der Waals surface area contributed by atoms with Gasteiger partial charge in [0.2, 0.25) is 0 Å². The van der Waals surface area contributed by atoms with Gasteiger partial charge in [0.05, 0.1) is 0 Å². The first-order valence-electron chi connectivity index (χ1n) is 10.4. The summed E-state index contributed by atoms with van der Waals surface area (Å²) >= 11 is 0. The Morgan fingerprint density at radius 2 is 1.22 bits per heavy atom. The smallest absolute Gasteiger partial charge is 0.115 e. The largest absolute Gasteiger partial charge is 0.362 e. The van der Waals surface area contributed by atoms with E-state index < -0.39 is 0 Å².